The van der Waals surface area contributed by atoms with E-state index >= 15 is 0 Å². The van der Waals surface area contributed by atoms with Gasteiger partial charge in [0, 0.05) is 23.4 Å². The molecule has 1 nitrogen and oxygen atoms in total. The molecule has 0 aromatic heterocycles. The summed E-state index contributed by atoms with van der Waals surface area (Å²) in [6.07, 6.45) is 0. The van der Waals surface area contributed by atoms with Crippen molar-refractivity contribution in [2.45, 2.75) is 13.0 Å². The molecule has 0 aliphatic heterocycles. The minimum atomic E-state index is 0.355. The molecule has 0 fully saturated rings. The van der Waals surface area contributed by atoms with Crippen LogP contribution in [0.2, 0.25) is 5.02 Å². The van der Waals surface area contributed by atoms with Crippen LogP contribution in [0.15, 0.2) is 36.4 Å². The van der Waals surface area contributed by atoms with Gasteiger partial charge in [0.25, 0.3) is 0 Å². The molecule has 0 N–H and O–H groups in total. The summed E-state index contributed by atoms with van der Waals surface area (Å²) in [5.74, 6) is 0.734. The summed E-state index contributed by atoms with van der Waals surface area (Å²) in [4.78, 5) is 2.25. The summed E-state index contributed by atoms with van der Waals surface area (Å²) in [6, 6.07) is 8.33. The molecule has 0 saturated carbocycles. The quantitative estimate of drug-likeness (QED) is 0.619. The Morgan fingerprint density at radius 2 is 2.00 bits per heavy atom. The first-order valence-corrected chi connectivity index (χ1v) is 6.29. The fourth-order valence-electron chi connectivity index (χ4n) is 1.54. The molecule has 1 aromatic rings. The van der Waals surface area contributed by atoms with E-state index in [1.54, 1.807) is 0 Å². The van der Waals surface area contributed by atoms with E-state index in [0.29, 0.717) is 6.04 Å². The zero-order chi connectivity index (χ0) is 12.1. The van der Waals surface area contributed by atoms with Gasteiger partial charge in [0.2, 0.25) is 0 Å². The first-order chi connectivity index (χ1) is 7.54. The monoisotopic (exact) mass is 255 g/mol. The van der Waals surface area contributed by atoms with E-state index in [-0.39, 0.29) is 0 Å². The number of rotatable bonds is 5. The largest absolute Gasteiger partial charge is 0.296 e. The molecule has 0 saturated heterocycles. The lowest BCUT2D eigenvalue weighted by molar-refractivity contribution is 0.284. The van der Waals surface area contributed by atoms with Crippen molar-refractivity contribution in [2.75, 3.05) is 19.3 Å². The Bertz CT molecular complexity index is 347. The van der Waals surface area contributed by atoms with Crippen molar-refractivity contribution in [3.05, 3.63) is 47.0 Å². The van der Waals surface area contributed by atoms with E-state index in [1.165, 1.54) is 5.56 Å². The van der Waals surface area contributed by atoms with Crippen molar-refractivity contribution in [1.82, 2.24) is 4.90 Å². The normalized spacial score (nSPS) is 12.8. The molecule has 1 unspecified atom stereocenters. The maximum Gasteiger partial charge on any atom is 0.0406 e. The fourth-order valence-corrected chi connectivity index (χ4v) is 1.76. The third-order valence-corrected chi connectivity index (χ3v) is 3.41. The summed E-state index contributed by atoms with van der Waals surface area (Å²) in [6.45, 7) is 7.01. The Labute approximate surface area is 109 Å². The number of benzene rings is 1. The molecule has 0 amide bonds. The van der Waals surface area contributed by atoms with Gasteiger partial charge in [-0.25, -0.2) is 0 Å². The van der Waals surface area contributed by atoms with Gasteiger partial charge in [-0.3, -0.25) is 4.90 Å². The average Bonchev–Trinajstić information content (AvgIpc) is 2.28. The van der Waals surface area contributed by atoms with Gasteiger partial charge in [-0.2, -0.15) is 12.6 Å². The van der Waals surface area contributed by atoms with Crippen LogP contribution in [0.1, 0.15) is 18.5 Å². The van der Waals surface area contributed by atoms with Gasteiger partial charge in [-0.1, -0.05) is 35.9 Å². The Kier molecular flexibility index (Phi) is 5.39. The molecule has 16 heavy (non-hydrogen) atoms. The highest BCUT2D eigenvalue weighted by Gasteiger charge is 2.11. The number of halogens is 1. The second kappa shape index (κ2) is 6.33. The summed E-state index contributed by atoms with van der Waals surface area (Å²) in [5.41, 5.74) is 2.39. The molecule has 1 rings (SSSR count). The van der Waals surface area contributed by atoms with Gasteiger partial charge in [0.15, 0.2) is 0 Å². The molecule has 1 atom stereocenters. The zero-order valence-electron chi connectivity index (χ0n) is 9.78. The molecule has 0 aliphatic rings. The number of nitrogens with zero attached hydrogens (tertiary/aromatic N) is 1. The first-order valence-electron chi connectivity index (χ1n) is 5.27. The lowest BCUT2D eigenvalue weighted by Gasteiger charge is -2.25. The topological polar surface area (TPSA) is 3.24 Å². The van der Waals surface area contributed by atoms with E-state index in [0.717, 1.165) is 22.9 Å². The Morgan fingerprint density at radius 3 is 2.50 bits per heavy atom. The van der Waals surface area contributed by atoms with Crippen LogP contribution >= 0.6 is 24.2 Å². The average molecular weight is 256 g/mol. The number of likely N-dealkylation sites (N-methyl/N-ethyl adjacent to an activating group) is 1. The lowest BCUT2D eigenvalue weighted by atomic mass is 10.1. The molecule has 0 spiro atoms. The highest BCUT2D eigenvalue weighted by atomic mass is 35.5. The maximum absolute atomic E-state index is 5.86. The molecule has 0 aliphatic carbocycles. The second-order valence-electron chi connectivity index (χ2n) is 4.05. The molecule has 3 heteroatoms. The van der Waals surface area contributed by atoms with E-state index in [1.807, 2.05) is 12.1 Å². The summed E-state index contributed by atoms with van der Waals surface area (Å²) >= 11 is 10.1. The summed E-state index contributed by atoms with van der Waals surface area (Å²) < 4.78 is 0. The summed E-state index contributed by atoms with van der Waals surface area (Å²) in [7, 11) is 2.09. The first kappa shape index (κ1) is 13.6. The van der Waals surface area contributed by atoms with Crippen LogP contribution < -0.4 is 0 Å². The third-order valence-electron chi connectivity index (χ3n) is 2.71. The van der Waals surface area contributed by atoms with Crippen molar-refractivity contribution < 1.29 is 0 Å². The molecule has 0 radical (unpaired) electrons. The fraction of sp³-hybridized carbons (Fsp3) is 0.385. The number of hydrogen-bond acceptors (Lipinski definition) is 2. The van der Waals surface area contributed by atoms with Crippen molar-refractivity contribution in [3.8, 4) is 0 Å². The molecule has 0 heterocycles. The van der Waals surface area contributed by atoms with Crippen LogP contribution in [0.4, 0.5) is 0 Å². The number of hydrogen-bond donors (Lipinski definition) is 1. The third kappa shape index (κ3) is 3.85. The van der Waals surface area contributed by atoms with Gasteiger partial charge in [0.05, 0.1) is 0 Å². The maximum atomic E-state index is 5.86. The highest BCUT2D eigenvalue weighted by Crippen LogP contribution is 2.21. The van der Waals surface area contributed by atoms with Crippen LogP contribution in [0.3, 0.4) is 0 Å². The van der Waals surface area contributed by atoms with Gasteiger partial charge in [-0.15, -0.1) is 0 Å². The molecular formula is C13H18ClNS. The SMILES string of the molecule is C=C(CS)CN(C)C(C)c1ccc(Cl)cc1. The minimum absolute atomic E-state index is 0.355. The second-order valence-corrected chi connectivity index (χ2v) is 4.80. The van der Waals surface area contributed by atoms with Crippen LogP contribution in [0.5, 0.6) is 0 Å². The predicted molar refractivity (Wildman–Crippen MR) is 75.5 cm³/mol. The zero-order valence-corrected chi connectivity index (χ0v) is 11.4. The van der Waals surface area contributed by atoms with E-state index in [9.17, 15) is 0 Å². The van der Waals surface area contributed by atoms with E-state index in [4.69, 9.17) is 11.6 Å². The molecule has 0 bridgehead atoms. The van der Waals surface area contributed by atoms with Crippen molar-refractivity contribution >= 4 is 24.2 Å². The molecule has 88 valence electrons. The van der Waals surface area contributed by atoms with Crippen LogP contribution in [-0.2, 0) is 0 Å². The van der Waals surface area contributed by atoms with Crippen LogP contribution in [0, 0.1) is 0 Å². The summed E-state index contributed by atoms with van der Waals surface area (Å²) in [5, 5.41) is 0.776. The van der Waals surface area contributed by atoms with E-state index in [2.05, 4.69) is 50.2 Å². The van der Waals surface area contributed by atoms with Gasteiger partial charge < -0.3 is 0 Å². The predicted octanol–water partition coefficient (Wildman–Crippen LogP) is 3.82. The highest BCUT2D eigenvalue weighted by molar-refractivity contribution is 7.80. The Hall–Kier alpha value is -0.440. The molecular weight excluding hydrogens is 238 g/mol. The smallest absolute Gasteiger partial charge is 0.0406 e. The van der Waals surface area contributed by atoms with Gasteiger partial charge >= 0.3 is 0 Å². The Morgan fingerprint density at radius 1 is 1.44 bits per heavy atom. The van der Waals surface area contributed by atoms with Gasteiger partial charge in [-0.05, 0) is 31.7 Å². The van der Waals surface area contributed by atoms with Crippen molar-refractivity contribution in [3.63, 3.8) is 0 Å². The Balaban J connectivity index is 2.66. The standard InChI is InChI=1S/C13H18ClNS/c1-10(9-16)8-15(3)11(2)12-4-6-13(14)7-5-12/h4-7,11,16H,1,8-9H2,2-3H3. The van der Waals surface area contributed by atoms with Crippen molar-refractivity contribution in [1.29, 1.82) is 0 Å². The van der Waals surface area contributed by atoms with E-state index < -0.39 is 0 Å². The van der Waals surface area contributed by atoms with Crippen molar-refractivity contribution in [2.24, 2.45) is 0 Å². The number of thiol groups is 1. The van der Waals surface area contributed by atoms with Gasteiger partial charge in [0.1, 0.15) is 0 Å². The van der Waals surface area contributed by atoms with Crippen LogP contribution in [-0.4, -0.2) is 24.2 Å². The minimum Gasteiger partial charge on any atom is -0.296 e. The van der Waals surface area contributed by atoms with Crippen LogP contribution in [0.25, 0.3) is 0 Å². The molecule has 1 aromatic carbocycles. The lowest BCUT2D eigenvalue weighted by Crippen LogP contribution is -2.24.